The normalized spacial score (nSPS) is 12.5. The van der Waals surface area contributed by atoms with Crippen molar-refractivity contribution >= 4 is 16.0 Å². The molecule has 0 spiro atoms. The molecule has 0 radical (unpaired) electrons. The van der Waals surface area contributed by atoms with Gasteiger partial charge in [0.25, 0.3) is 0 Å². The third-order valence-corrected chi connectivity index (χ3v) is 6.76. The summed E-state index contributed by atoms with van der Waals surface area (Å²) >= 11 is 0. The third kappa shape index (κ3) is 8.81. The zero-order chi connectivity index (χ0) is 23.5. The average Bonchev–Trinajstić information content (AvgIpc) is 2.80. The number of benzene rings is 3. The van der Waals surface area contributed by atoms with E-state index < -0.39 is 22.0 Å². The minimum absolute atomic E-state index is 0.101. The van der Waals surface area contributed by atoms with E-state index in [0.717, 1.165) is 16.7 Å². The maximum atomic E-state index is 12.6. The van der Waals surface area contributed by atoms with Gasteiger partial charge in [-0.15, -0.1) is 0 Å². The molecule has 1 atom stereocenters. The largest absolute Gasteiger partial charge is 0.480 e. The van der Waals surface area contributed by atoms with E-state index in [-0.39, 0.29) is 12.2 Å². The molecule has 7 heteroatoms. The Balaban J connectivity index is 1.59. The monoisotopic (exact) mass is 466 g/mol. The van der Waals surface area contributed by atoms with Crippen LogP contribution in [0.15, 0.2) is 91.0 Å². The highest BCUT2D eigenvalue weighted by atomic mass is 32.2. The van der Waals surface area contributed by atoms with E-state index in [9.17, 15) is 18.3 Å². The molecule has 0 saturated heterocycles. The lowest BCUT2D eigenvalue weighted by Crippen LogP contribution is -2.43. The van der Waals surface area contributed by atoms with Gasteiger partial charge in [-0.1, -0.05) is 91.0 Å². The topological polar surface area (TPSA) is 86.7 Å². The quantitative estimate of drug-likeness (QED) is 0.401. The van der Waals surface area contributed by atoms with Gasteiger partial charge in [-0.25, -0.2) is 13.1 Å². The lowest BCUT2D eigenvalue weighted by molar-refractivity contribution is -0.138. The molecule has 33 heavy (non-hydrogen) atoms. The second-order valence-electron chi connectivity index (χ2n) is 8.05. The number of rotatable bonds is 13. The van der Waals surface area contributed by atoms with Crippen molar-refractivity contribution in [3.8, 4) is 0 Å². The van der Waals surface area contributed by atoms with Crippen molar-refractivity contribution in [3.63, 3.8) is 0 Å². The minimum atomic E-state index is -3.74. The Morgan fingerprint density at radius 1 is 0.788 bits per heavy atom. The summed E-state index contributed by atoms with van der Waals surface area (Å²) in [5, 5.41) is 9.50. The van der Waals surface area contributed by atoms with E-state index in [1.165, 1.54) is 0 Å². The average molecular weight is 467 g/mol. The Morgan fingerprint density at radius 2 is 1.24 bits per heavy atom. The number of carbonyl (C=O) groups is 1. The Kier molecular flexibility index (Phi) is 9.18. The van der Waals surface area contributed by atoms with Gasteiger partial charge in [-0.05, 0) is 36.1 Å². The predicted octanol–water partition coefficient (Wildman–Crippen LogP) is 3.69. The number of hydrogen-bond acceptors (Lipinski definition) is 4. The first kappa shape index (κ1) is 24.6. The van der Waals surface area contributed by atoms with Gasteiger partial charge in [0.1, 0.15) is 6.04 Å². The molecule has 3 aromatic carbocycles. The Morgan fingerprint density at radius 3 is 1.70 bits per heavy atom. The van der Waals surface area contributed by atoms with Crippen molar-refractivity contribution in [1.29, 1.82) is 0 Å². The Labute approximate surface area is 195 Å². The molecule has 3 rings (SSSR count). The molecule has 174 valence electrons. The molecule has 0 aliphatic heterocycles. The van der Waals surface area contributed by atoms with Crippen LogP contribution in [0.1, 0.15) is 23.1 Å². The summed E-state index contributed by atoms with van der Waals surface area (Å²) in [6.45, 7) is 1.98. The predicted molar refractivity (Wildman–Crippen MR) is 130 cm³/mol. The van der Waals surface area contributed by atoms with Gasteiger partial charge < -0.3 is 5.11 Å². The molecule has 0 amide bonds. The second kappa shape index (κ2) is 12.3. The fourth-order valence-electron chi connectivity index (χ4n) is 3.68. The van der Waals surface area contributed by atoms with Crippen LogP contribution in [0.25, 0.3) is 0 Å². The fraction of sp³-hybridized carbons (Fsp3) is 0.269. The highest BCUT2D eigenvalue weighted by Gasteiger charge is 2.24. The number of sulfonamides is 1. The summed E-state index contributed by atoms with van der Waals surface area (Å²) in [5.41, 5.74) is 3.08. The van der Waals surface area contributed by atoms with Crippen LogP contribution >= 0.6 is 0 Å². The maximum Gasteiger partial charge on any atom is 0.322 e. The summed E-state index contributed by atoms with van der Waals surface area (Å²) in [6.07, 6.45) is 0.496. The van der Waals surface area contributed by atoms with E-state index >= 15 is 0 Å². The summed E-state index contributed by atoms with van der Waals surface area (Å²) in [5.74, 6) is -1.32. The number of nitrogens with one attached hydrogen (secondary N) is 1. The first-order valence-electron chi connectivity index (χ1n) is 11.0. The molecule has 1 unspecified atom stereocenters. The van der Waals surface area contributed by atoms with Crippen LogP contribution in [-0.4, -0.2) is 42.7 Å². The maximum absolute atomic E-state index is 12.6. The van der Waals surface area contributed by atoms with Gasteiger partial charge in [0, 0.05) is 13.1 Å². The van der Waals surface area contributed by atoms with Crippen LogP contribution in [0.4, 0.5) is 0 Å². The standard InChI is InChI=1S/C26H30N2O4S/c29-26(30)25(19-22-11-4-1-5-12-22)27-33(31,32)18-10-17-28(20-23-13-6-2-7-14-23)21-24-15-8-3-9-16-24/h1-9,11-16,25,27H,10,17-21H2,(H,29,30). The van der Waals surface area contributed by atoms with Crippen molar-refractivity contribution in [1.82, 2.24) is 9.62 Å². The summed E-state index contributed by atoms with van der Waals surface area (Å²) in [6, 6.07) is 27.9. The van der Waals surface area contributed by atoms with Crippen molar-refractivity contribution in [2.24, 2.45) is 0 Å². The minimum Gasteiger partial charge on any atom is -0.480 e. The number of carboxylic acid groups (broad SMARTS) is 1. The summed E-state index contributed by atoms with van der Waals surface area (Å²) < 4.78 is 27.7. The number of aliphatic carboxylic acids is 1. The SMILES string of the molecule is O=C(O)C(Cc1ccccc1)NS(=O)(=O)CCCN(Cc1ccccc1)Cc1ccccc1. The van der Waals surface area contributed by atoms with Gasteiger partial charge in [0.2, 0.25) is 10.0 Å². The molecule has 6 nitrogen and oxygen atoms in total. The molecule has 0 bridgehead atoms. The van der Waals surface area contributed by atoms with Crippen molar-refractivity contribution in [2.45, 2.75) is 32.0 Å². The number of nitrogens with zero attached hydrogens (tertiary/aromatic N) is 1. The fourth-order valence-corrected chi connectivity index (χ4v) is 4.92. The summed E-state index contributed by atoms with van der Waals surface area (Å²) in [4.78, 5) is 13.8. The van der Waals surface area contributed by atoms with Crippen LogP contribution in [0.3, 0.4) is 0 Å². The smallest absolute Gasteiger partial charge is 0.322 e. The van der Waals surface area contributed by atoms with Crippen molar-refractivity contribution in [2.75, 3.05) is 12.3 Å². The van der Waals surface area contributed by atoms with E-state index in [1.807, 2.05) is 42.5 Å². The molecule has 0 saturated carbocycles. The van der Waals surface area contributed by atoms with E-state index in [1.54, 1.807) is 24.3 Å². The number of hydrogen-bond donors (Lipinski definition) is 2. The third-order valence-electron chi connectivity index (χ3n) is 5.29. The zero-order valence-corrected chi connectivity index (χ0v) is 19.3. The van der Waals surface area contributed by atoms with Gasteiger partial charge in [0.15, 0.2) is 0 Å². The number of carboxylic acids is 1. The molecule has 0 heterocycles. The van der Waals surface area contributed by atoms with Crippen LogP contribution in [0, 0.1) is 0 Å². The molecule has 2 N–H and O–H groups in total. The highest BCUT2D eigenvalue weighted by molar-refractivity contribution is 7.89. The van der Waals surface area contributed by atoms with Crippen LogP contribution in [0.2, 0.25) is 0 Å². The molecule has 0 aromatic heterocycles. The first-order valence-corrected chi connectivity index (χ1v) is 12.6. The molecule has 0 aliphatic rings. The van der Waals surface area contributed by atoms with Crippen LogP contribution in [-0.2, 0) is 34.3 Å². The lowest BCUT2D eigenvalue weighted by Gasteiger charge is -2.23. The summed E-state index contributed by atoms with van der Waals surface area (Å²) in [7, 11) is -3.74. The van der Waals surface area contributed by atoms with Gasteiger partial charge in [0.05, 0.1) is 5.75 Å². The zero-order valence-electron chi connectivity index (χ0n) is 18.5. The second-order valence-corrected chi connectivity index (χ2v) is 9.93. The molecular formula is C26H30N2O4S. The Bertz CT molecular complexity index is 1050. The molecular weight excluding hydrogens is 436 g/mol. The Hall–Kier alpha value is -3.00. The van der Waals surface area contributed by atoms with E-state index in [2.05, 4.69) is 33.9 Å². The first-order chi connectivity index (χ1) is 15.9. The van der Waals surface area contributed by atoms with Crippen LogP contribution in [0.5, 0.6) is 0 Å². The van der Waals surface area contributed by atoms with Gasteiger partial charge in [-0.2, -0.15) is 0 Å². The van der Waals surface area contributed by atoms with E-state index in [0.29, 0.717) is 26.1 Å². The molecule has 0 aliphatic carbocycles. The van der Waals surface area contributed by atoms with Crippen LogP contribution < -0.4 is 4.72 Å². The van der Waals surface area contributed by atoms with Crippen molar-refractivity contribution in [3.05, 3.63) is 108 Å². The van der Waals surface area contributed by atoms with Gasteiger partial charge in [-0.3, -0.25) is 9.69 Å². The molecule has 3 aromatic rings. The van der Waals surface area contributed by atoms with Gasteiger partial charge >= 0.3 is 5.97 Å². The lowest BCUT2D eigenvalue weighted by atomic mass is 10.1. The highest BCUT2D eigenvalue weighted by Crippen LogP contribution is 2.11. The van der Waals surface area contributed by atoms with Crippen molar-refractivity contribution < 1.29 is 18.3 Å². The van der Waals surface area contributed by atoms with E-state index in [4.69, 9.17) is 0 Å². The molecule has 0 fully saturated rings.